The Hall–Kier alpha value is -0.720. The lowest BCUT2D eigenvalue weighted by molar-refractivity contribution is 0.366. The van der Waals surface area contributed by atoms with E-state index in [-0.39, 0.29) is 0 Å². The van der Waals surface area contributed by atoms with Gasteiger partial charge in [-0.1, -0.05) is 18.7 Å². The van der Waals surface area contributed by atoms with Crippen molar-refractivity contribution in [1.29, 1.82) is 0 Å². The first kappa shape index (κ1) is 7.39. The van der Waals surface area contributed by atoms with E-state index in [9.17, 15) is 0 Å². The molecule has 0 atom stereocenters. The second kappa shape index (κ2) is 3.45. The molecule has 1 nitrogen and oxygen atoms in total. The highest BCUT2D eigenvalue weighted by Gasteiger charge is 2.02. The molecule has 1 heterocycles. The van der Waals surface area contributed by atoms with Crippen molar-refractivity contribution >= 4 is 0 Å². The van der Waals surface area contributed by atoms with Gasteiger partial charge < -0.3 is 4.90 Å². The molecule has 0 aromatic carbocycles. The minimum absolute atomic E-state index is 1.14. The third-order valence-electron chi connectivity index (χ3n) is 1.84. The van der Waals surface area contributed by atoms with Crippen LogP contribution in [0.1, 0.15) is 19.8 Å². The van der Waals surface area contributed by atoms with Gasteiger partial charge >= 0.3 is 0 Å². The summed E-state index contributed by atoms with van der Waals surface area (Å²) in [6, 6.07) is 0. The molecular formula is C9H15N. The zero-order chi connectivity index (χ0) is 7.40. The van der Waals surface area contributed by atoms with Crippen LogP contribution in [0.15, 0.2) is 24.4 Å². The molecule has 0 aromatic rings. The number of hydrogen-bond acceptors (Lipinski definition) is 1. The number of hydrogen-bond donors (Lipinski definition) is 0. The fraction of sp³-hybridized carbons (Fsp3) is 0.556. The van der Waals surface area contributed by atoms with Crippen LogP contribution in [0, 0.1) is 0 Å². The Kier molecular flexibility index (Phi) is 2.55. The molecule has 0 saturated heterocycles. The van der Waals surface area contributed by atoms with Gasteiger partial charge in [0, 0.05) is 18.8 Å². The van der Waals surface area contributed by atoms with Crippen LogP contribution in [0.25, 0.3) is 0 Å². The molecule has 0 amide bonds. The lowest BCUT2D eigenvalue weighted by atomic mass is 10.4. The van der Waals surface area contributed by atoms with Gasteiger partial charge in [0.2, 0.25) is 0 Å². The molecule has 0 spiro atoms. The van der Waals surface area contributed by atoms with E-state index < -0.39 is 0 Å². The average molecular weight is 137 g/mol. The third-order valence-corrected chi connectivity index (χ3v) is 1.84. The van der Waals surface area contributed by atoms with E-state index in [0.29, 0.717) is 0 Å². The summed E-state index contributed by atoms with van der Waals surface area (Å²) in [5, 5.41) is 0. The molecule has 1 aliphatic heterocycles. The first-order chi connectivity index (χ1) is 4.80. The molecule has 0 radical (unpaired) electrons. The first-order valence-electron chi connectivity index (χ1n) is 3.86. The van der Waals surface area contributed by atoms with Gasteiger partial charge in [0.15, 0.2) is 0 Å². The van der Waals surface area contributed by atoms with Crippen LogP contribution < -0.4 is 0 Å². The smallest absolute Gasteiger partial charge is 0.0209 e. The third kappa shape index (κ3) is 1.90. The molecule has 0 bridgehead atoms. The molecular weight excluding hydrogens is 122 g/mol. The van der Waals surface area contributed by atoms with Crippen molar-refractivity contribution in [2.24, 2.45) is 0 Å². The quantitative estimate of drug-likeness (QED) is 0.501. The highest BCUT2D eigenvalue weighted by Crippen LogP contribution is 2.07. The number of allylic oxidation sites excluding steroid dienone is 1. The maximum absolute atomic E-state index is 3.92. The normalized spacial score (nSPS) is 18.7. The van der Waals surface area contributed by atoms with Crippen LogP contribution in [0.2, 0.25) is 0 Å². The summed E-state index contributed by atoms with van der Waals surface area (Å²) >= 11 is 0. The molecule has 0 aromatic heterocycles. The van der Waals surface area contributed by atoms with Gasteiger partial charge in [-0.05, 0) is 19.8 Å². The van der Waals surface area contributed by atoms with E-state index in [1.54, 1.807) is 0 Å². The Morgan fingerprint density at radius 3 is 2.20 bits per heavy atom. The van der Waals surface area contributed by atoms with Gasteiger partial charge in [0.05, 0.1) is 0 Å². The molecule has 0 unspecified atom stereocenters. The highest BCUT2D eigenvalue weighted by atomic mass is 15.1. The van der Waals surface area contributed by atoms with Crippen molar-refractivity contribution in [2.45, 2.75) is 19.8 Å². The topological polar surface area (TPSA) is 3.24 Å². The van der Waals surface area contributed by atoms with Crippen LogP contribution >= 0.6 is 0 Å². The highest BCUT2D eigenvalue weighted by molar-refractivity contribution is 4.95. The molecule has 10 heavy (non-hydrogen) atoms. The molecule has 1 aliphatic rings. The predicted molar refractivity (Wildman–Crippen MR) is 44.8 cm³/mol. The minimum atomic E-state index is 1.14. The largest absolute Gasteiger partial charge is 0.375 e. The SMILES string of the molecule is C=C(C)N1CCC=CCC1. The predicted octanol–water partition coefficient (Wildman–Crippen LogP) is 2.17. The lowest BCUT2D eigenvalue weighted by Crippen LogP contribution is -2.21. The van der Waals surface area contributed by atoms with E-state index in [1.807, 2.05) is 0 Å². The van der Waals surface area contributed by atoms with E-state index in [4.69, 9.17) is 0 Å². The lowest BCUT2D eigenvalue weighted by Gasteiger charge is -2.21. The van der Waals surface area contributed by atoms with Gasteiger partial charge in [-0.15, -0.1) is 0 Å². The molecule has 0 N–H and O–H groups in total. The molecule has 0 aliphatic carbocycles. The minimum Gasteiger partial charge on any atom is -0.375 e. The zero-order valence-electron chi connectivity index (χ0n) is 6.64. The Morgan fingerprint density at radius 1 is 1.30 bits per heavy atom. The van der Waals surface area contributed by atoms with Gasteiger partial charge in [-0.25, -0.2) is 0 Å². The molecule has 1 rings (SSSR count). The fourth-order valence-electron chi connectivity index (χ4n) is 1.19. The van der Waals surface area contributed by atoms with Crippen molar-refractivity contribution < 1.29 is 0 Å². The Bertz CT molecular complexity index is 137. The van der Waals surface area contributed by atoms with E-state index in [2.05, 4.69) is 30.6 Å². The zero-order valence-corrected chi connectivity index (χ0v) is 6.64. The van der Waals surface area contributed by atoms with Crippen molar-refractivity contribution in [3.8, 4) is 0 Å². The fourth-order valence-corrected chi connectivity index (χ4v) is 1.19. The second-order valence-corrected chi connectivity index (χ2v) is 2.77. The summed E-state index contributed by atoms with van der Waals surface area (Å²) in [5.74, 6) is 0. The Balaban J connectivity index is 2.41. The summed E-state index contributed by atoms with van der Waals surface area (Å²) < 4.78 is 0. The van der Waals surface area contributed by atoms with E-state index in [1.165, 1.54) is 18.5 Å². The van der Waals surface area contributed by atoms with Crippen molar-refractivity contribution in [3.63, 3.8) is 0 Å². The Morgan fingerprint density at radius 2 is 1.80 bits per heavy atom. The van der Waals surface area contributed by atoms with Gasteiger partial charge in [-0.2, -0.15) is 0 Å². The summed E-state index contributed by atoms with van der Waals surface area (Å²) in [4.78, 5) is 2.33. The number of rotatable bonds is 1. The Labute approximate surface area is 63.0 Å². The molecule has 0 saturated carbocycles. The van der Waals surface area contributed by atoms with Gasteiger partial charge in [0.25, 0.3) is 0 Å². The summed E-state index contributed by atoms with van der Waals surface area (Å²) in [5.41, 5.74) is 1.20. The van der Waals surface area contributed by atoms with Crippen LogP contribution in [0.3, 0.4) is 0 Å². The second-order valence-electron chi connectivity index (χ2n) is 2.77. The van der Waals surface area contributed by atoms with Crippen molar-refractivity contribution in [1.82, 2.24) is 4.90 Å². The summed E-state index contributed by atoms with van der Waals surface area (Å²) in [6.45, 7) is 8.28. The molecule has 0 fully saturated rings. The molecule has 1 heteroatoms. The average Bonchev–Trinajstić information content (AvgIpc) is 2.12. The van der Waals surface area contributed by atoms with E-state index in [0.717, 1.165) is 13.1 Å². The summed E-state index contributed by atoms with van der Waals surface area (Å²) in [6.07, 6.45) is 6.85. The maximum atomic E-state index is 3.92. The van der Waals surface area contributed by atoms with Crippen LogP contribution in [-0.4, -0.2) is 18.0 Å². The van der Waals surface area contributed by atoms with Crippen LogP contribution in [0.5, 0.6) is 0 Å². The first-order valence-corrected chi connectivity index (χ1v) is 3.86. The number of nitrogens with zero attached hydrogens (tertiary/aromatic N) is 1. The van der Waals surface area contributed by atoms with Crippen molar-refractivity contribution in [2.75, 3.05) is 13.1 Å². The summed E-state index contributed by atoms with van der Waals surface area (Å²) in [7, 11) is 0. The van der Waals surface area contributed by atoms with E-state index >= 15 is 0 Å². The maximum Gasteiger partial charge on any atom is 0.0209 e. The van der Waals surface area contributed by atoms with Crippen LogP contribution in [0.4, 0.5) is 0 Å². The van der Waals surface area contributed by atoms with Crippen LogP contribution in [-0.2, 0) is 0 Å². The van der Waals surface area contributed by atoms with Gasteiger partial charge in [-0.3, -0.25) is 0 Å². The molecule has 56 valence electrons. The van der Waals surface area contributed by atoms with Gasteiger partial charge in [0.1, 0.15) is 0 Å². The van der Waals surface area contributed by atoms with Crippen molar-refractivity contribution in [3.05, 3.63) is 24.4 Å². The standard InChI is InChI=1S/C9H15N/c1-9(2)10-7-5-3-4-6-8-10/h3-4H,1,5-8H2,2H3. The monoisotopic (exact) mass is 137 g/mol.